The number of fused-ring (bicyclic) bond motifs is 3. The highest BCUT2D eigenvalue weighted by atomic mass is 79.9. The van der Waals surface area contributed by atoms with Crippen molar-refractivity contribution < 1.29 is 4.79 Å². The first-order chi connectivity index (χ1) is 6.68. The molecule has 1 aromatic carbocycles. The van der Waals surface area contributed by atoms with Crippen molar-refractivity contribution in [3.63, 3.8) is 0 Å². The fraction of sp³-hybridized carbons (Fsp3) is 0.364. The summed E-state index contributed by atoms with van der Waals surface area (Å²) in [6, 6.07) is 4.04. The van der Waals surface area contributed by atoms with Gasteiger partial charge in [0.05, 0.1) is 0 Å². The van der Waals surface area contributed by atoms with Gasteiger partial charge >= 0.3 is 0 Å². The molecule has 72 valence electrons. The fourth-order valence-corrected chi connectivity index (χ4v) is 2.84. The molecule has 1 fully saturated rings. The molecule has 1 saturated carbocycles. The average Bonchev–Trinajstić information content (AvgIpc) is 2.91. The van der Waals surface area contributed by atoms with Gasteiger partial charge in [-0.1, -0.05) is 22.0 Å². The first-order valence-electron chi connectivity index (χ1n) is 4.78. The van der Waals surface area contributed by atoms with Crippen LogP contribution in [-0.4, -0.2) is 5.91 Å². The predicted molar refractivity (Wildman–Crippen MR) is 58.4 cm³/mol. The Morgan fingerprint density at radius 1 is 1.43 bits per heavy atom. The van der Waals surface area contributed by atoms with Crippen LogP contribution in [0.15, 0.2) is 16.6 Å². The molecule has 14 heavy (non-hydrogen) atoms. The summed E-state index contributed by atoms with van der Waals surface area (Å²) in [6.45, 7) is 2.08. The largest absolute Gasteiger partial charge is 0.326 e. The van der Waals surface area contributed by atoms with E-state index in [1.54, 1.807) is 0 Å². The van der Waals surface area contributed by atoms with Crippen LogP contribution in [0.5, 0.6) is 0 Å². The molecule has 1 aromatic rings. The first kappa shape index (κ1) is 8.48. The van der Waals surface area contributed by atoms with Gasteiger partial charge in [-0.05, 0) is 36.5 Å². The Balaban J connectivity index is 2.21. The molecule has 2 aliphatic rings. The van der Waals surface area contributed by atoms with Gasteiger partial charge in [-0.25, -0.2) is 0 Å². The molecule has 1 amide bonds. The summed E-state index contributed by atoms with van der Waals surface area (Å²) >= 11 is 3.60. The first-order valence-corrected chi connectivity index (χ1v) is 5.57. The molecule has 3 rings (SSSR count). The molecule has 1 N–H and O–H groups in total. The molecule has 0 saturated heterocycles. The summed E-state index contributed by atoms with van der Waals surface area (Å²) in [5, 5.41) is 2.95. The van der Waals surface area contributed by atoms with Crippen molar-refractivity contribution in [2.75, 3.05) is 5.32 Å². The van der Waals surface area contributed by atoms with Crippen molar-refractivity contribution in [1.29, 1.82) is 0 Å². The predicted octanol–water partition coefficient (Wildman–Crippen LogP) is 2.81. The summed E-state index contributed by atoms with van der Waals surface area (Å²) in [6.07, 6.45) is 1.01. The fourth-order valence-electron chi connectivity index (χ4n) is 2.20. The number of carbonyl (C=O) groups excluding carboxylic acids is 1. The molecular formula is C11H10BrNO. The number of rotatable bonds is 0. The molecule has 2 atom stereocenters. The van der Waals surface area contributed by atoms with Crippen LogP contribution in [0.1, 0.15) is 23.5 Å². The van der Waals surface area contributed by atoms with E-state index in [-0.39, 0.29) is 11.8 Å². The zero-order valence-corrected chi connectivity index (χ0v) is 9.39. The van der Waals surface area contributed by atoms with E-state index >= 15 is 0 Å². The number of benzene rings is 1. The number of hydrogen-bond acceptors (Lipinski definition) is 1. The Kier molecular flexibility index (Phi) is 1.57. The van der Waals surface area contributed by atoms with Crippen molar-refractivity contribution in [1.82, 2.24) is 0 Å². The third-order valence-electron chi connectivity index (χ3n) is 3.13. The third-order valence-corrected chi connectivity index (χ3v) is 4.18. The lowest BCUT2D eigenvalue weighted by Gasteiger charge is -2.18. The monoisotopic (exact) mass is 251 g/mol. The van der Waals surface area contributed by atoms with Crippen LogP contribution in [0.25, 0.3) is 0 Å². The minimum Gasteiger partial charge on any atom is -0.326 e. The van der Waals surface area contributed by atoms with Crippen LogP contribution in [0.3, 0.4) is 0 Å². The van der Waals surface area contributed by atoms with Gasteiger partial charge in [0.1, 0.15) is 0 Å². The summed E-state index contributed by atoms with van der Waals surface area (Å²) in [4.78, 5) is 11.5. The Morgan fingerprint density at radius 2 is 2.21 bits per heavy atom. The van der Waals surface area contributed by atoms with Crippen LogP contribution in [0, 0.1) is 12.8 Å². The highest BCUT2D eigenvalue weighted by Gasteiger charge is 2.49. The summed E-state index contributed by atoms with van der Waals surface area (Å²) < 4.78 is 1.17. The van der Waals surface area contributed by atoms with E-state index < -0.39 is 0 Å². The average molecular weight is 252 g/mol. The normalized spacial score (nSPS) is 27.7. The number of aryl methyl sites for hydroxylation is 1. The second kappa shape index (κ2) is 2.60. The van der Waals surface area contributed by atoms with Crippen LogP contribution in [0.2, 0.25) is 0 Å². The van der Waals surface area contributed by atoms with Crippen LogP contribution < -0.4 is 5.32 Å². The number of amides is 1. The Hall–Kier alpha value is -0.830. The smallest absolute Gasteiger partial charge is 0.228 e. The van der Waals surface area contributed by atoms with Gasteiger partial charge in [0.25, 0.3) is 0 Å². The minimum absolute atomic E-state index is 0.193. The number of anilines is 1. The molecule has 1 aliphatic carbocycles. The standard InChI is InChI=1S/C11H10BrNO/c1-5-2-3-8-9(10(5)12)6-4-7(6)11(14)13-8/h2-3,6-7H,4H2,1H3,(H,13,14). The van der Waals surface area contributed by atoms with E-state index in [1.807, 2.05) is 12.1 Å². The molecular weight excluding hydrogens is 242 g/mol. The maximum absolute atomic E-state index is 11.5. The van der Waals surface area contributed by atoms with Crippen LogP contribution in [-0.2, 0) is 4.79 Å². The zero-order valence-electron chi connectivity index (χ0n) is 7.80. The Bertz CT molecular complexity index is 441. The van der Waals surface area contributed by atoms with Crippen molar-refractivity contribution in [2.24, 2.45) is 5.92 Å². The molecule has 1 aliphatic heterocycles. The van der Waals surface area contributed by atoms with E-state index in [2.05, 4.69) is 28.2 Å². The molecule has 0 spiro atoms. The second-order valence-electron chi connectivity index (χ2n) is 4.10. The molecule has 0 radical (unpaired) electrons. The molecule has 1 heterocycles. The highest BCUT2D eigenvalue weighted by Crippen LogP contribution is 2.55. The Labute approximate surface area is 90.8 Å². The lowest BCUT2D eigenvalue weighted by atomic mass is 10.0. The van der Waals surface area contributed by atoms with E-state index in [0.29, 0.717) is 5.92 Å². The number of hydrogen-bond donors (Lipinski definition) is 1. The van der Waals surface area contributed by atoms with Gasteiger partial charge in [0.15, 0.2) is 0 Å². The molecule has 3 heteroatoms. The second-order valence-corrected chi connectivity index (χ2v) is 4.89. The lowest BCUT2D eigenvalue weighted by molar-refractivity contribution is -0.117. The van der Waals surface area contributed by atoms with E-state index in [1.165, 1.54) is 15.6 Å². The van der Waals surface area contributed by atoms with E-state index in [0.717, 1.165) is 12.1 Å². The van der Waals surface area contributed by atoms with Gasteiger partial charge in [0.2, 0.25) is 5.91 Å². The van der Waals surface area contributed by atoms with Crippen molar-refractivity contribution >= 4 is 27.5 Å². The maximum atomic E-state index is 11.5. The van der Waals surface area contributed by atoms with E-state index in [4.69, 9.17) is 0 Å². The third kappa shape index (κ3) is 0.989. The van der Waals surface area contributed by atoms with Crippen molar-refractivity contribution in [2.45, 2.75) is 19.3 Å². The van der Waals surface area contributed by atoms with Crippen LogP contribution >= 0.6 is 15.9 Å². The minimum atomic E-state index is 0.193. The van der Waals surface area contributed by atoms with Gasteiger partial charge < -0.3 is 5.32 Å². The topological polar surface area (TPSA) is 29.1 Å². The highest BCUT2D eigenvalue weighted by molar-refractivity contribution is 9.10. The zero-order chi connectivity index (χ0) is 9.87. The number of nitrogens with one attached hydrogen (secondary N) is 1. The summed E-state index contributed by atoms with van der Waals surface area (Å²) in [7, 11) is 0. The molecule has 0 aromatic heterocycles. The van der Waals surface area contributed by atoms with Gasteiger partial charge in [-0.2, -0.15) is 0 Å². The number of carbonyl (C=O) groups is 1. The van der Waals surface area contributed by atoms with Gasteiger partial charge in [0, 0.05) is 16.1 Å². The number of halogens is 1. The molecule has 2 unspecified atom stereocenters. The maximum Gasteiger partial charge on any atom is 0.228 e. The molecule has 2 nitrogen and oxygen atoms in total. The van der Waals surface area contributed by atoms with Gasteiger partial charge in [-0.15, -0.1) is 0 Å². The Morgan fingerprint density at radius 3 is 3.00 bits per heavy atom. The summed E-state index contributed by atoms with van der Waals surface area (Å²) in [5.41, 5.74) is 3.53. The van der Waals surface area contributed by atoms with Crippen LogP contribution in [0.4, 0.5) is 5.69 Å². The van der Waals surface area contributed by atoms with Crippen molar-refractivity contribution in [3.05, 3.63) is 27.7 Å². The SMILES string of the molecule is Cc1ccc2c(c1Br)C1CC1C(=O)N2. The summed E-state index contributed by atoms with van der Waals surface area (Å²) in [5.74, 6) is 0.895. The van der Waals surface area contributed by atoms with Gasteiger partial charge in [-0.3, -0.25) is 4.79 Å². The van der Waals surface area contributed by atoms with E-state index in [9.17, 15) is 4.79 Å². The lowest BCUT2D eigenvalue weighted by Crippen LogP contribution is -2.20. The van der Waals surface area contributed by atoms with Crippen molar-refractivity contribution in [3.8, 4) is 0 Å². The molecule has 0 bridgehead atoms. The quantitative estimate of drug-likeness (QED) is 0.755.